The third kappa shape index (κ3) is 3.20. The van der Waals surface area contributed by atoms with E-state index in [4.69, 9.17) is 4.98 Å². The Balaban J connectivity index is 1.71. The van der Waals surface area contributed by atoms with Crippen LogP contribution in [0, 0.1) is 0 Å². The van der Waals surface area contributed by atoms with Crippen LogP contribution in [0.3, 0.4) is 0 Å². The molecule has 20 heavy (non-hydrogen) atoms. The summed E-state index contributed by atoms with van der Waals surface area (Å²) in [6, 6.07) is 2.53. The molecule has 110 valence electrons. The van der Waals surface area contributed by atoms with E-state index in [1.54, 1.807) is 0 Å². The number of anilines is 2. The van der Waals surface area contributed by atoms with Gasteiger partial charge >= 0.3 is 0 Å². The monoisotopic (exact) mass is 275 g/mol. The summed E-state index contributed by atoms with van der Waals surface area (Å²) in [5.41, 5.74) is 0. The number of aromatic nitrogens is 2. The molecule has 5 heteroatoms. The lowest BCUT2D eigenvalue weighted by atomic mass is 10.1. The van der Waals surface area contributed by atoms with Crippen LogP contribution >= 0.6 is 0 Å². The van der Waals surface area contributed by atoms with Gasteiger partial charge in [0.05, 0.1) is 0 Å². The summed E-state index contributed by atoms with van der Waals surface area (Å²) < 4.78 is 0. The molecule has 0 radical (unpaired) electrons. The number of likely N-dealkylation sites (tertiary alicyclic amines) is 1. The van der Waals surface area contributed by atoms with Gasteiger partial charge in [-0.25, -0.2) is 9.97 Å². The zero-order chi connectivity index (χ0) is 13.9. The van der Waals surface area contributed by atoms with E-state index in [0.717, 1.165) is 30.5 Å². The number of piperidine rings is 1. The van der Waals surface area contributed by atoms with Crippen molar-refractivity contribution in [3.05, 3.63) is 11.9 Å². The van der Waals surface area contributed by atoms with Crippen LogP contribution in [0.15, 0.2) is 6.07 Å². The molecule has 1 aromatic rings. The van der Waals surface area contributed by atoms with Gasteiger partial charge in [0.15, 0.2) is 0 Å². The smallest absolute Gasteiger partial charge is 0.136 e. The van der Waals surface area contributed by atoms with Crippen molar-refractivity contribution in [1.82, 2.24) is 14.9 Å². The van der Waals surface area contributed by atoms with Crippen molar-refractivity contribution in [2.24, 2.45) is 0 Å². The fourth-order valence-electron chi connectivity index (χ4n) is 2.86. The Morgan fingerprint density at radius 3 is 2.75 bits per heavy atom. The standard InChI is InChI=1S/C15H25N5/c1-3-20-8-4-5-12(10-20)17-14-9-13(16-2)18-15(19-14)11-6-7-11/h9,11-12H,3-8,10H2,1-2H3,(H2,16,17,18,19). The molecule has 1 saturated heterocycles. The van der Waals surface area contributed by atoms with E-state index in [2.05, 4.69) is 27.4 Å². The Morgan fingerprint density at radius 2 is 2.05 bits per heavy atom. The molecule has 1 aliphatic heterocycles. The van der Waals surface area contributed by atoms with Gasteiger partial charge in [-0.3, -0.25) is 0 Å². The molecule has 0 spiro atoms. The number of nitrogens with one attached hydrogen (secondary N) is 2. The first-order chi connectivity index (χ1) is 9.78. The molecule has 1 aliphatic carbocycles. The van der Waals surface area contributed by atoms with Gasteiger partial charge in [0.25, 0.3) is 0 Å². The minimum absolute atomic E-state index is 0.510. The summed E-state index contributed by atoms with van der Waals surface area (Å²) in [7, 11) is 1.92. The van der Waals surface area contributed by atoms with E-state index in [1.165, 1.54) is 32.2 Å². The van der Waals surface area contributed by atoms with Crippen molar-refractivity contribution in [2.45, 2.75) is 44.6 Å². The van der Waals surface area contributed by atoms with E-state index >= 15 is 0 Å². The van der Waals surface area contributed by atoms with Crippen LogP contribution in [0.2, 0.25) is 0 Å². The van der Waals surface area contributed by atoms with Crippen molar-refractivity contribution in [3.63, 3.8) is 0 Å². The lowest BCUT2D eigenvalue weighted by Crippen LogP contribution is -2.42. The normalized spacial score (nSPS) is 23.6. The van der Waals surface area contributed by atoms with Crippen LogP contribution in [0.25, 0.3) is 0 Å². The van der Waals surface area contributed by atoms with Crippen LogP contribution in [0.5, 0.6) is 0 Å². The average Bonchev–Trinajstić information content (AvgIpc) is 3.31. The lowest BCUT2D eigenvalue weighted by Gasteiger charge is -2.32. The lowest BCUT2D eigenvalue weighted by molar-refractivity contribution is 0.226. The number of hydrogen-bond donors (Lipinski definition) is 2. The predicted octanol–water partition coefficient (Wildman–Crippen LogP) is 2.29. The van der Waals surface area contributed by atoms with Gasteiger partial charge in [-0.1, -0.05) is 6.92 Å². The van der Waals surface area contributed by atoms with E-state index in [0.29, 0.717) is 12.0 Å². The number of likely N-dealkylation sites (N-methyl/N-ethyl adjacent to an activating group) is 1. The molecule has 0 amide bonds. The molecule has 3 rings (SSSR count). The second-order valence-corrected chi connectivity index (χ2v) is 5.90. The largest absolute Gasteiger partial charge is 0.373 e. The topological polar surface area (TPSA) is 53.1 Å². The first-order valence-electron chi connectivity index (χ1n) is 7.84. The van der Waals surface area contributed by atoms with Crippen molar-refractivity contribution in [1.29, 1.82) is 0 Å². The second kappa shape index (κ2) is 5.95. The molecule has 0 aromatic carbocycles. The Morgan fingerprint density at radius 1 is 1.25 bits per heavy atom. The van der Waals surface area contributed by atoms with Crippen LogP contribution in [-0.4, -0.2) is 47.6 Å². The molecular formula is C15H25N5. The van der Waals surface area contributed by atoms with Gasteiger partial charge in [-0.2, -0.15) is 0 Å². The van der Waals surface area contributed by atoms with Crippen molar-refractivity contribution in [2.75, 3.05) is 37.3 Å². The summed E-state index contributed by atoms with van der Waals surface area (Å²) in [4.78, 5) is 11.8. The van der Waals surface area contributed by atoms with Crippen molar-refractivity contribution < 1.29 is 0 Å². The Kier molecular flexibility index (Phi) is 4.05. The van der Waals surface area contributed by atoms with E-state index in [1.807, 2.05) is 13.1 Å². The number of hydrogen-bond acceptors (Lipinski definition) is 5. The van der Waals surface area contributed by atoms with Gasteiger partial charge < -0.3 is 15.5 Å². The van der Waals surface area contributed by atoms with E-state index in [9.17, 15) is 0 Å². The number of rotatable bonds is 5. The van der Waals surface area contributed by atoms with E-state index < -0.39 is 0 Å². The second-order valence-electron chi connectivity index (χ2n) is 5.90. The van der Waals surface area contributed by atoms with Gasteiger partial charge in [-0.15, -0.1) is 0 Å². The Labute approximate surface area is 121 Å². The zero-order valence-corrected chi connectivity index (χ0v) is 12.5. The molecule has 2 heterocycles. The maximum Gasteiger partial charge on any atom is 0.136 e. The summed E-state index contributed by atoms with van der Waals surface area (Å²) in [5, 5.41) is 6.76. The highest BCUT2D eigenvalue weighted by Gasteiger charge is 2.27. The Hall–Kier alpha value is -1.36. The van der Waals surface area contributed by atoms with Crippen LogP contribution < -0.4 is 10.6 Å². The predicted molar refractivity (Wildman–Crippen MR) is 82.3 cm³/mol. The fourth-order valence-corrected chi connectivity index (χ4v) is 2.86. The molecule has 2 aliphatic rings. The van der Waals surface area contributed by atoms with Gasteiger partial charge in [0.1, 0.15) is 17.5 Å². The minimum atomic E-state index is 0.510. The molecule has 1 atom stereocenters. The quantitative estimate of drug-likeness (QED) is 0.863. The highest BCUT2D eigenvalue weighted by Crippen LogP contribution is 2.38. The highest BCUT2D eigenvalue weighted by molar-refractivity contribution is 5.48. The van der Waals surface area contributed by atoms with Gasteiger partial charge in [-0.05, 0) is 38.8 Å². The summed E-state index contributed by atoms with van der Waals surface area (Å²) >= 11 is 0. The first kappa shape index (κ1) is 13.6. The first-order valence-corrected chi connectivity index (χ1v) is 7.84. The summed E-state index contributed by atoms with van der Waals surface area (Å²) in [6.07, 6.45) is 4.97. The summed E-state index contributed by atoms with van der Waals surface area (Å²) in [6.45, 7) is 5.72. The third-order valence-electron chi connectivity index (χ3n) is 4.25. The average molecular weight is 275 g/mol. The fraction of sp³-hybridized carbons (Fsp3) is 0.733. The van der Waals surface area contributed by atoms with Crippen molar-refractivity contribution in [3.8, 4) is 0 Å². The third-order valence-corrected chi connectivity index (χ3v) is 4.25. The maximum atomic E-state index is 4.71. The van der Waals surface area contributed by atoms with Crippen LogP contribution in [0.1, 0.15) is 44.3 Å². The Bertz CT molecular complexity index is 458. The highest BCUT2D eigenvalue weighted by atomic mass is 15.2. The molecule has 1 unspecified atom stereocenters. The zero-order valence-electron chi connectivity index (χ0n) is 12.5. The molecule has 1 aromatic heterocycles. The van der Waals surface area contributed by atoms with Crippen LogP contribution in [0.4, 0.5) is 11.6 Å². The SMILES string of the molecule is CCN1CCCC(Nc2cc(NC)nc(C3CC3)n2)C1. The van der Waals surface area contributed by atoms with E-state index in [-0.39, 0.29) is 0 Å². The maximum absolute atomic E-state index is 4.71. The van der Waals surface area contributed by atoms with Gasteiger partial charge in [0, 0.05) is 31.6 Å². The van der Waals surface area contributed by atoms with Crippen molar-refractivity contribution >= 4 is 11.6 Å². The van der Waals surface area contributed by atoms with Crippen LogP contribution in [-0.2, 0) is 0 Å². The van der Waals surface area contributed by atoms with Gasteiger partial charge in [0.2, 0.25) is 0 Å². The molecule has 5 nitrogen and oxygen atoms in total. The molecule has 0 bridgehead atoms. The molecule has 2 fully saturated rings. The molecule has 1 saturated carbocycles. The summed E-state index contributed by atoms with van der Waals surface area (Å²) in [5.74, 6) is 3.49. The molecule has 2 N–H and O–H groups in total. The minimum Gasteiger partial charge on any atom is -0.373 e. The molecular weight excluding hydrogens is 250 g/mol. The number of nitrogens with zero attached hydrogens (tertiary/aromatic N) is 3.